The minimum Gasteiger partial charge on any atom is -0.508 e. The van der Waals surface area contributed by atoms with Gasteiger partial charge in [0.2, 0.25) is 0 Å². The predicted molar refractivity (Wildman–Crippen MR) is 91.7 cm³/mol. The fraction of sp³-hybridized carbons (Fsp3) is 0. The Morgan fingerprint density at radius 3 is 2.25 bits per heavy atom. The van der Waals surface area contributed by atoms with Gasteiger partial charge in [-0.05, 0) is 51.9 Å². The van der Waals surface area contributed by atoms with Crippen LogP contribution in [0, 0.1) is 0 Å². The molecule has 7 heteroatoms. The van der Waals surface area contributed by atoms with Crippen molar-refractivity contribution in [2.45, 2.75) is 0 Å². The maximum absolute atomic E-state index is 9.78. The van der Waals surface area contributed by atoms with Crippen molar-refractivity contribution in [3.05, 3.63) is 54.6 Å². The van der Waals surface area contributed by atoms with Crippen molar-refractivity contribution in [3.8, 4) is 43.8 Å². The molecule has 6 nitrogen and oxygen atoms in total. The number of rotatable bonds is 3. The minimum atomic E-state index is 0.196. The molecule has 0 fully saturated rings. The highest BCUT2D eigenvalue weighted by molar-refractivity contribution is 7.19. The molecule has 0 unspecified atom stereocenters. The highest BCUT2D eigenvalue weighted by atomic mass is 32.1. The Morgan fingerprint density at radius 1 is 0.875 bits per heavy atom. The van der Waals surface area contributed by atoms with E-state index in [1.54, 1.807) is 47.7 Å². The van der Waals surface area contributed by atoms with E-state index in [0.717, 1.165) is 26.4 Å². The summed E-state index contributed by atoms with van der Waals surface area (Å²) in [4.78, 5) is 1.90. The van der Waals surface area contributed by atoms with Crippen LogP contribution in [0.25, 0.3) is 32.3 Å². The number of hydrogen-bond acceptors (Lipinski definition) is 6. The quantitative estimate of drug-likeness (QED) is 0.530. The lowest BCUT2D eigenvalue weighted by Gasteiger charge is -2.01. The van der Waals surface area contributed by atoms with Gasteiger partial charge < -0.3 is 10.2 Å². The molecule has 0 aliphatic rings. The second-order valence-electron chi connectivity index (χ2n) is 5.20. The number of nitrogens with one attached hydrogen (secondary N) is 1. The molecule has 2 aromatic heterocycles. The number of aromatic hydroxyl groups is 2. The van der Waals surface area contributed by atoms with Crippen LogP contribution in [0.1, 0.15) is 0 Å². The first-order valence-corrected chi connectivity index (χ1v) is 7.99. The molecule has 2 heterocycles. The molecule has 4 rings (SSSR count). The second-order valence-corrected chi connectivity index (χ2v) is 6.26. The van der Waals surface area contributed by atoms with E-state index in [-0.39, 0.29) is 11.5 Å². The van der Waals surface area contributed by atoms with Gasteiger partial charge in [0.1, 0.15) is 11.5 Å². The number of H-pyrrole nitrogens is 1. The van der Waals surface area contributed by atoms with Gasteiger partial charge in [0.25, 0.3) is 0 Å². The zero-order chi connectivity index (χ0) is 16.5. The Hall–Kier alpha value is -3.19. The molecule has 0 saturated carbocycles. The van der Waals surface area contributed by atoms with Crippen LogP contribution in [0.2, 0.25) is 0 Å². The summed E-state index contributed by atoms with van der Waals surface area (Å²) in [6, 6.07) is 16.1. The van der Waals surface area contributed by atoms with Crippen molar-refractivity contribution in [2.75, 3.05) is 0 Å². The van der Waals surface area contributed by atoms with E-state index in [2.05, 4.69) is 20.6 Å². The van der Waals surface area contributed by atoms with Gasteiger partial charge in [-0.15, -0.1) is 16.4 Å². The zero-order valence-electron chi connectivity index (χ0n) is 12.3. The average Bonchev–Trinajstić information content (AvgIpc) is 3.24. The third-order valence-corrected chi connectivity index (χ3v) is 4.80. The third-order valence-electron chi connectivity index (χ3n) is 3.57. The van der Waals surface area contributed by atoms with Crippen LogP contribution in [0.5, 0.6) is 11.5 Å². The first-order chi connectivity index (χ1) is 11.7. The number of aromatic amines is 1. The molecule has 2 aromatic carbocycles. The van der Waals surface area contributed by atoms with Crippen LogP contribution in [0.3, 0.4) is 0 Å². The molecule has 0 amide bonds. The number of phenols is 2. The first kappa shape index (κ1) is 14.4. The summed E-state index contributed by atoms with van der Waals surface area (Å²) in [5, 5.41) is 33.6. The molecule has 3 N–H and O–H groups in total. The number of nitrogens with zero attached hydrogens (tertiary/aromatic N) is 3. The molecule has 0 saturated heterocycles. The van der Waals surface area contributed by atoms with E-state index in [0.29, 0.717) is 5.82 Å². The van der Waals surface area contributed by atoms with Gasteiger partial charge in [-0.25, -0.2) is 5.10 Å². The van der Waals surface area contributed by atoms with Gasteiger partial charge >= 0.3 is 0 Å². The smallest absolute Gasteiger partial charge is 0.180 e. The number of hydrogen-bond donors (Lipinski definition) is 3. The van der Waals surface area contributed by atoms with Gasteiger partial charge in [-0.1, -0.05) is 24.3 Å². The molecule has 0 atom stereocenters. The fourth-order valence-corrected chi connectivity index (χ4v) is 3.66. The first-order valence-electron chi connectivity index (χ1n) is 7.17. The summed E-state index contributed by atoms with van der Waals surface area (Å²) in [5.41, 5.74) is 2.62. The molecule has 118 valence electrons. The van der Waals surface area contributed by atoms with Crippen LogP contribution in [0.4, 0.5) is 0 Å². The Balaban J connectivity index is 1.91. The van der Waals surface area contributed by atoms with Crippen LogP contribution in [-0.2, 0) is 0 Å². The predicted octanol–water partition coefficient (Wildman–Crippen LogP) is 3.67. The number of benzene rings is 2. The third kappa shape index (κ3) is 2.61. The highest BCUT2D eigenvalue weighted by Crippen LogP contribution is 2.43. The largest absolute Gasteiger partial charge is 0.508 e. The number of thiophene rings is 1. The van der Waals surface area contributed by atoms with Crippen molar-refractivity contribution in [3.63, 3.8) is 0 Å². The van der Waals surface area contributed by atoms with Crippen LogP contribution in [0.15, 0.2) is 54.6 Å². The molecule has 0 bridgehead atoms. The number of phenolic OH excluding ortho intramolecular Hbond substituents is 2. The molecular weight excluding hydrogens is 324 g/mol. The Morgan fingerprint density at radius 2 is 1.58 bits per heavy atom. The monoisotopic (exact) mass is 336 g/mol. The number of aromatic nitrogens is 4. The van der Waals surface area contributed by atoms with Gasteiger partial charge in [0.15, 0.2) is 5.82 Å². The Kier molecular flexibility index (Phi) is 3.47. The van der Waals surface area contributed by atoms with Gasteiger partial charge in [-0.3, -0.25) is 0 Å². The fourth-order valence-electron chi connectivity index (χ4n) is 2.50. The van der Waals surface area contributed by atoms with Gasteiger partial charge in [0, 0.05) is 15.3 Å². The second kappa shape index (κ2) is 5.78. The average molecular weight is 336 g/mol. The lowest BCUT2D eigenvalue weighted by Crippen LogP contribution is -1.82. The molecule has 0 spiro atoms. The molecule has 4 aromatic rings. The van der Waals surface area contributed by atoms with Gasteiger partial charge in [-0.2, -0.15) is 0 Å². The summed E-state index contributed by atoms with van der Waals surface area (Å²) in [7, 11) is 0. The summed E-state index contributed by atoms with van der Waals surface area (Å²) < 4.78 is 0. The summed E-state index contributed by atoms with van der Waals surface area (Å²) >= 11 is 1.54. The van der Waals surface area contributed by atoms with Crippen LogP contribution >= 0.6 is 11.3 Å². The summed E-state index contributed by atoms with van der Waals surface area (Å²) in [5.74, 6) is 0.958. The zero-order valence-corrected chi connectivity index (χ0v) is 13.2. The van der Waals surface area contributed by atoms with Crippen molar-refractivity contribution in [1.29, 1.82) is 0 Å². The normalized spacial score (nSPS) is 10.8. The Labute approximate surface area is 141 Å². The van der Waals surface area contributed by atoms with E-state index < -0.39 is 0 Å². The van der Waals surface area contributed by atoms with Crippen LogP contribution in [-0.4, -0.2) is 30.8 Å². The van der Waals surface area contributed by atoms with E-state index in [4.69, 9.17) is 0 Å². The van der Waals surface area contributed by atoms with Crippen molar-refractivity contribution >= 4 is 11.3 Å². The topological polar surface area (TPSA) is 94.9 Å². The van der Waals surface area contributed by atoms with Crippen molar-refractivity contribution < 1.29 is 10.2 Å². The molecular formula is C17H12N4O2S. The van der Waals surface area contributed by atoms with Crippen molar-refractivity contribution in [1.82, 2.24) is 20.6 Å². The highest BCUT2D eigenvalue weighted by Gasteiger charge is 2.17. The lowest BCUT2D eigenvalue weighted by atomic mass is 10.1. The SMILES string of the molecule is Oc1cccc(-c2cc(-c3nnn[nH]3)c(-c3cccc(O)c3)s2)c1. The Bertz CT molecular complexity index is 996. The standard InChI is InChI=1S/C17H12N4O2S/c22-12-5-1-3-10(7-12)15-9-14(17-18-20-21-19-17)16(24-15)11-4-2-6-13(23)8-11/h1-9,22-23H,(H,18,19,20,21). The maximum atomic E-state index is 9.78. The molecule has 0 aliphatic carbocycles. The lowest BCUT2D eigenvalue weighted by molar-refractivity contribution is 0.475. The maximum Gasteiger partial charge on any atom is 0.180 e. The van der Waals surface area contributed by atoms with E-state index in [1.165, 1.54) is 0 Å². The minimum absolute atomic E-state index is 0.196. The van der Waals surface area contributed by atoms with E-state index >= 15 is 0 Å². The summed E-state index contributed by atoms with van der Waals surface area (Å²) in [6.07, 6.45) is 0. The summed E-state index contributed by atoms with van der Waals surface area (Å²) in [6.45, 7) is 0. The van der Waals surface area contributed by atoms with E-state index in [9.17, 15) is 10.2 Å². The number of tetrazole rings is 1. The van der Waals surface area contributed by atoms with E-state index in [1.807, 2.05) is 18.2 Å². The van der Waals surface area contributed by atoms with Crippen molar-refractivity contribution in [2.24, 2.45) is 0 Å². The molecule has 0 aliphatic heterocycles. The van der Waals surface area contributed by atoms with Crippen LogP contribution < -0.4 is 0 Å². The molecule has 24 heavy (non-hydrogen) atoms. The molecule has 0 radical (unpaired) electrons. The van der Waals surface area contributed by atoms with Gasteiger partial charge in [0.05, 0.1) is 0 Å².